The molecule has 0 atom stereocenters. The van der Waals surface area contributed by atoms with Crippen molar-refractivity contribution in [3.63, 3.8) is 0 Å². The second-order valence-corrected chi connectivity index (χ2v) is 7.43. The number of hydrogen-bond acceptors (Lipinski definition) is 5. The van der Waals surface area contributed by atoms with Gasteiger partial charge in [-0.15, -0.1) is 11.3 Å². The molecular formula is C20H21N5O2S. The molecule has 0 aliphatic carbocycles. The fraction of sp³-hybridized carbons (Fsp3) is 0.200. The molecule has 3 rings (SSSR count). The largest absolute Gasteiger partial charge is 0.321 e. The van der Waals surface area contributed by atoms with Gasteiger partial charge in [0.2, 0.25) is 0 Å². The zero-order chi connectivity index (χ0) is 20.3. The van der Waals surface area contributed by atoms with E-state index in [-0.39, 0.29) is 11.8 Å². The van der Waals surface area contributed by atoms with Crippen LogP contribution in [0.3, 0.4) is 0 Å². The lowest BCUT2D eigenvalue weighted by atomic mass is 10.1. The Labute approximate surface area is 167 Å². The Balaban J connectivity index is 1.71. The molecule has 144 valence electrons. The molecular weight excluding hydrogens is 374 g/mol. The van der Waals surface area contributed by atoms with Gasteiger partial charge in [0.1, 0.15) is 5.69 Å². The third-order valence-electron chi connectivity index (χ3n) is 4.45. The highest BCUT2D eigenvalue weighted by molar-refractivity contribution is 7.10. The van der Waals surface area contributed by atoms with Crippen LogP contribution in [0.15, 0.2) is 47.0 Å². The minimum absolute atomic E-state index is 0.234. The zero-order valence-electron chi connectivity index (χ0n) is 16.1. The van der Waals surface area contributed by atoms with Crippen molar-refractivity contribution in [2.24, 2.45) is 12.1 Å². The molecule has 0 spiro atoms. The number of nitrogens with zero attached hydrogens (tertiary/aromatic N) is 3. The first-order chi connectivity index (χ1) is 13.4. The third-order valence-corrected chi connectivity index (χ3v) is 5.46. The van der Waals surface area contributed by atoms with Crippen LogP contribution in [0.1, 0.15) is 43.8 Å². The highest BCUT2D eigenvalue weighted by Crippen LogP contribution is 2.20. The molecule has 0 unspecified atom stereocenters. The van der Waals surface area contributed by atoms with E-state index in [1.54, 1.807) is 49.7 Å². The normalized spacial score (nSPS) is 11.4. The second-order valence-electron chi connectivity index (χ2n) is 6.34. The van der Waals surface area contributed by atoms with Gasteiger partial charge in [0.25, 0.3) is 11.8 Å². The molecule has 2 heterocycles. The fourth-order valence-electron chi connectivity index (χ4n) is 2.61. The highest BCUT2D eigenvalue weighted by atomic mass is 32.1. The Hall–Kier alpha value is -3.26. The minimum atomic E-state index is -0.247. The van der Waals surface area contributed by atoms with Crippen molar-refractivity contribution in [2.45, 2.75) is 20.8 Å². The van der Waals surface area contributed by atoms with E-state index in [9.17, 15) is 9.59 Å². The van der Waals surface area contributed by atoms with Crippen molar-refractivity contribution in [3.8, 4) is 0 Å². The smallest absolute Gasteiger partial charge is 0.273 e. The lowest BCUT2D eigenvalue weighted by molar-refractivity contribution is 0.0953. The monoisotopic (exact) mass is 395 g/mol. The Morgan fingerprint density at radius 1 is 1.18 bits per heavy atom. The molecule has 7 nitrogen and oxygen atoms in total. The van der Waals surface area contributed by atoms with Crippen molar-refractivity contribution in [3.05, 3.63) is 69.2 Å². The molecule has 28 heavy (non-hydrogen) atoms. The molecule has 0 radical (unpaired) electrons. The van der Waals surface area contributed by atoms with Crippen LogP contribution in [0.4, 0.5) is 5.69 Å². The van der Waals surface area contributed by atoms with Gasteiger partial charge in [0, 0.05) is 29.2 Å². The van der Waals surface area contributed by atoms with Crippen LogP contribution in [-0.2, 0) is 7.05 Å². The quantitative estimate of drug-likeness (QED) is 0.512. The summed E-state index contributed by atoms with van der Waals surface area (Å²) in [5.74, 6) is -0.481. The first-order valence-corrected chi connectivity index (χ1v) is 9.54. The van der Waals surface area contributed by atoms with Crippen LogP contribution >= 0.6 is 11.3 Å². The standard InChI is InChI=1S/C20H21N5O2S/c1-12-14(3)28-11-17(12)19(26)24-23-13(2)15-6-5-7-16(10-15)22-20(27)18-8-9-21-25(18)4/h5-11H,1-4H3,(H,22,27)(H,24,26)/b23-13-. The maximum atomic E-state index is 12.3. The van der Waals surface area contributed by atoms with Gasteiger partial charge in [-0.05, 0) is 50.1 Å². The third kappa shape index (κ3) is 4.17. The van der Waals surface area contributed by atoms with Gasteiger partial charge in [-0.3, -0.25) is 14.3 Å². The maximum Gasteiger partial charge on any atom is 0.273 e. The number of amides is 2. The van der Waals surface area contributed by atoms with Gasteiger partial charge in [0.05, 0.1) is 11.3 Å². The number of anilines is 1. The number of aryl methyl sites for hydroxylation is 2. The van der Waals surface area contributed by atoms with Crippen LogP contribution in [0.25, 0.3) is 0 Å². The Kier molecular flexibility index (Phi) is 5.70. The number of thiophene rings is 1. The van der Waals surface area contributed by atoms with Crippen molar-refractivity contribution in [1.29, 1.82) is 0 Å². The van der Waals surface area contributed by atoms with Crippen molar-refractivity contribution >= 4 is 34.6 Å². The number of benzene rings is 1. The van der Waals surface area contributed by atoms with E-state index in [1.807, 2.05) is 31.4 Å². The highest BCUT2D eigenvalue weighted by Gasteiger charge is 2.13. The van der Waals surface area contributed by atoms with E-state index in [0.717, 1.165) is 16.0 Å². The number of aromatic nitrogens is 2. The summed E-state index contributed by atoms with van der Waals surface area (Å²) in [5.41, 5.74) is 6.72. The summed E-state index contributed by atoms with van der Waals surface area (Å²) >= 11 is 1.54. The molecule has 0 saturated heterocycles. The van der Waals surface area contributed by atoms with Gasteiger partial charge in [0.15, 0.2) is 0 Å². The molecule has 3 aromatic rings. The summed E-state index contributed by atoms with van der Waals surface area (Å²) in [6.45, 7) is 5.70. The average molecular weight is 395 g/mol. The number of carbonyl (C=O) groups excluding carboxylic acids is 2. The van der Waals surface area contributed by atoms with Gasteiger partial charge < -0.3 is 5.32 Å². The van der Waals surface area contributed by atoms with Gasteiger partial charge >= 0.3 is 0 Å². The molecule has 0 fully saturated rings. The Morgan fingerprint density at radius 3 is 2.61 bits per heavy atom. The Morgan fingerprint density at radius 2 is 1.96 bits per heavy atom. The van der Waals surface area contributed by atoms with Gasteiger partial charge in [-0.25, -0.2) is 5.43 Å². The fourth-order valence-corrected chi connectivity index (χ4v) is 3.48. The van der Waals surface area contributed by atoms with E-state index in [0.29, 0.717) is 22.7 Å². The molecule has 2 amide bonds. The van der Waals surface area contributed by atoms with Crippen molar-refractivity contribution in [1.82, 2.24) is 15.2 Å². The average Bonchev–Trinajstić information content (AvgIpc) is 3.25. The molecule has 8 heteroatoms. The number of nitrogens with one attached hydrogen (secondary N) is 2. The van der Waals surface area contributed by atoms with Crippen LogP contribution in [0.5, 0.6) is 0 Å². The summed E-state index contributed by atoms with van der Waals surface area (Å²) in [6.07, 6.45) is 1.57. The number of hydrogen-bond donors (Lipinski definition) is 2. The topological polar surface area (TPSA) is 88.4 Å². The predicted octanol–water partition coefficient (Wildman–Crippen LogP) is 3.50. The molecule has 0 saturated carbocycles. The summed E-state index contributed by atoms with van der Waals surface area (Å²) in [4.78, 5) is 25.8. The lowest BCUT2D eigenvalue weighted by Crippen LogP contribution is -2.20. The maximum absolute atomic E-state index is 12.3. The molecule has 2 aromatic heterocycles. The van der Waals surface area contributed by atoms with Crippen LogP contribution < -0.4 is 10.7 Å². The number of rotatable bonds is 5. The van der Waals surface area contributed by atoms with Crippen molar-refractivity contribution < 1.29 is 9.59 Å². The predicted molar refractivity (Wildman–Crippen MR) is 111 cm³/mol. The zero-order valence-corrected chi connectivity index (χ0v) is 16.9. The number of hydrazone groups is 1. The first-order valence-electron chi connectivity index (χ1n) is 8.66. The van der Waals surface area contributed by atoms with Crippen LogP contribution in [0, 0.1) is 13.8 Å². The van der Waals surface area contributed by atoms with E-state index < -0.39 is 0 Å². The van der Waals surface area contributed by atoms with Gasteiger partial charge in [-0.2, -0.15) is 10.2 Å². The summed E-state index contributed by atoms with van der Waals surface area (Å²) in [7, 11) is 1.71. The van der Waals surface area contributed by atoms with Crippen LogP contribution in [0.2, 0.25) is 0 Å². The van der Waals surface area contributed by atoms with Crippen molar-refractivity contribution in [2.75, 3.05) is 5.32 Å². The first kappa shape index (κ1) is 19.5. The van der Waals surface area contributed by atoms with E-state index in [2.05, 4.69) is 20.9 Å². The van der Waals surface area contributed by atoms with Gasteiger partial charge in [-0.1, -0.05) is 12.1 Å². The van der Waals surface area contributed by atoms with E-state index >= 15 is 0 Å². The second kappa shape index (κ2) is 8.18. The van der Waals surface area contributed by atoms with E-state index in [4.69, 9.17) is 0 Å². The van der Waals surface area contributed by atoms with Crippen LogP contribution in [-0.4, -0.2) is 27.3 Å². The molecule has 1 aromatic carbocycles. The minimum Gasteiger partial charge on any atom is -0.321 e. The summed E-state index contributed by atoms with van der Waals surface area (Å²) in [6, 6.07) is 8.93. The summed E-state index contributed by atoms with van der Waals surface area (Å²) < 4.78 is 1.51. The molecule has 0 aliphatic rings. The number of carbonyl (C=O) groups is 2. The lowest BCUT2D eigenvalue weighted by Gasteiger charge is -2.08. The molecule has 0 bridgehead atoms. The van der Waals surface area contributed by atoms with E-state index in [1.165, 1.54) is 4.68 Å². The SMILES string of the molecule is C/C(=N/NC(=O)c1csc(C)c1C)c1cccc(NC(=O)c2ccnn2C)c1. The Bertz CT molecular complexity index is 1060. The summed E-state index contributed by atoms with van der Waals surface area (Å²) in [5, 5.41) is 12.9. The molecule has 0 aliphatic heterocycles. The molecule has 2 N–H and O–H groups in total.